The predicted molar refractivity (Wildman–Crippen MR) is 144 cm³/mol. The third-order valence-electron chi connectivity index (χ3n) is 5.61. The zero-order valence-electron chi connectivity index (χ0n) is 21.1. The van der Waals surface area contributed by atoms with Crippen LogP contribution in [-0.2, 0) is 16.0 Å². The van der Waals surface area contributed by atoms with Crippen LogP contribution < -0.4 is 10.2 Å². The van der Waals surface area contributed by atoms with E-state index < -0.39 is 5.92 Å². The maximum absolute atomic E-state index is 12.8. The summed E-state index contributed by atoms with van der Waals surface area (Å²) in [5, 5.41) is 13.2. The van der Waals surface area contributed by atoms with Crippen molar-refractivity contribution < 1.29 is 9.59 Å². The first-order valence-electron chi connectivity index (χ1n) is 11.6. The van der Waals surface area contributed by atoms with Gasteiger partial charge >= 0.3 is 0 Å². The minimum absolute atomic E-state index is 0.141. The van der Waals surface area contributed by atoms with Crippen LogP contribution in [0.4, 0.5) is 10.9 Å². The lowest BCUT2D eigenvalue weighted by Gasteiger charge is -2.17. The number of hydrogen-bond acceptors (Lipinski definition) is 7. The van der Waals surface area contributed by atoms with Crippen molar-refractivity contribution in [1.29, 1.82) is 5.26 Å². The molecule has 3 aromatic rings. The summed E-state index contributed by atoms with van der Waals surface area (Å²) in [6.45, 7) is 4.52. The average molecular weight is 503 g/mol. The van der Waals surface area contributed by atoms with Crippen LogP contribution in [0.3, 0.4) is 0 Å². The van der Waals surface area contributed by atoms with Gasteiger partial charge in [0.25, 0.3) is 5.91 Å². The molecule has 3 rings (SSSR count). The summed E-state index contributed by atoms with van der Waals surface area (Å²) < 4.78 is 0. The number of benzene rings is 1. The number of carbonyl (C=O) groups excluding carboxylic acids is 2. The molecule has 2 heterocycles. The van der Waals surface area contributed by atoms with Crippen molar-refractivity contribution in [2.45, 2.75) is 26.2 Å². The lowest BCUT2D eigenvalue weighted by atomic mass is 9.96. The number of nitrogens with zero attached hydrogens (tertiary/aromatic N) is 5. The summed E-state index contributed by atoms with van der Waals surface area (Å²) in [7, 11) is 5.42. The third-order valence-corrected chi connectivity index (χ3v) is 6.67. The van der Waals surface area contributed by atoms with Gasteiger partial charge in [-0.15, -0.1) is 11.3 Å². The van der Waals surface area contributed by atoms with Crippen LogP contribution in [0, 0.1) is 11.3 Å². The summed E-state index contributed by atoms with van der Waals surface area (Å²) in [6, 6.07) is 11.4. The van der Waals surface area contributed by atoms with E-state index in [1.807, 2.05) is 57.1 Å². The van der Waals surface area contributed by atoms with Gasteiger partial charge in [-0.25, -0.2) is 9.97 Å². The fraction of sp³-hybridized carbons (Fsp3) is 0.296. The van der Waals surface area contributed by atoms with Crippen LogP contribution in [0.1, 0.15) is 35.8 Å². The summed E-state index contributed by atoms with van der Waals surface area (Å²) in [4.78, 5) is 38.4. The maximum atomic E-state index is 12.8. The molecule has 0 spiro atoms. The van der Waals surface area contributed by atoms with Crippen LogP contribution >= 0.6 is 11.3 Å². The Labute approximate surface area is 215 Å². The molecule has 2 aromatic heterocycles. The molecule has 1 atom stereocenters. The number of anilines is 2. The first-order chi connectivity index (χ1) is 17.2. The highest BCUT2D eigenvalue weighted by Crippen LogP contribution is 2.28. The number of amides is 2. The highest BCUT2D eigenvalue weighted by molar-refractivity contribution is 7.15. The van der Waals surface area contributed by atoms with E-state index in [2.05, 4.69) is 21.4 Å². The molecule has 36 heavy (non-hydrogen) atoms. The van der Waals surface area contributed by atoms with Crippen molar-refractivity contribution in [2.75, 3.05) is 37.9 Å². The van der Waals surface area contributed by atoms with E-state index in [1.165, 1.54) is 22.3 Å². The summed E-state index contributed by atoms with van der Waals surface area (Å²) >= 11 is 1.47. The molecule has 0 aliphatic rings. The van der Waals surface area contributed by atoms with E-state index >= 15 is 0 Å². The number of nitrogens with one attached hydrogen (secondary N) is 1. The van der Waals surface area contributed by atoms with Gasteiger partial charge in [0, 0.05) is 42.5 Å². The zero-order chi connectivity index (χ0) is 26.2. The highest BCUT2D eigenvalue weighted by Gasteiger charge is 2.19. The summed E-state index contributed by atoms with van der Waals surface area (Å²) in [5.74, 6) is -0.515. The molecule has 2 amide bonds. The van der Waals surface area contributed by atoms with Crippen molar-refractivity contribution in [3.8, 4) is 17.2 Å². The second-order valence-corrected chi connectivity index (χ2v) is 9.71. The number of pyridine rings is 1. The van der Waals surface area contributed by atoms with Gasteiger partial charge in [-0.2, -0.15) is 5.26 Å². The number of rotatable bonds is 9. The Morgan fingerprint density at radius 1 is 1.17 bits per heavy atom. The number of aryl methyl sites for hydroxylation is 1. The molecule has 9 heteroatoms. The first kappa shape index (κ1) is 26.7. The van der Waals surface area contributed by atoms with E-state index in [-0.39, 0.29) is 17.4 Å². The smallest absolute Gasteiger partial charge is 0.251 e. The molecule has 0 bridgehead atoms. The molecule has 186 valence electrons. The lowest BCUT2D eigenvalue weighted by molar-refractivity contribution is -0.117. The molecular formula is C27H30N6O2S. The number of nitriles is 1. The van der Waals surface area contributed by atoms with E-state index in [0.29, 0.717) is 17.5 Å². The molecule has 1 aromatic carbocycles. The Kier molecular flexibility index (Phi) is 9.06. The molecule has 0 fully saturated rings. The van der Waals surface area contributed by atoms with E-state index in [1.54, 1.807) is 31.6 Å². The topological polar surface area (TPSA) is 102 Å². The van der Waals surface area contributed by atoms with Gasteiger partial charge in [-0.3, -0.25) is 14.5 Å². The number of likely N-dealkylation sites (N-methyl/N-ethyl adjacent to an activating group) is 2. The Balaban J connectivity index is 1.79. The first-order valence-corrected chi connectivity index (χ1v) is 12.4. The molecule has 0 saturated heterocycles. The Bertz CT molecular complexity index is 1310. The number of thiazole rings is 1. The van der Waals surface area contributed by atoms with Crippen LogP contribution in [-0.4, -0.2) is 54.4 Å². The maximum Gasteiger partial charge on any atom is 0.251 e. The fourth-order valence-corrected chi connectivity index (χ4v) is 4.18. The van der Waals surface area contributed by atoms with Crippen LogP contribution in [0.15, 0.2) is 54.9 Å². The molecule has 8 nitrogen and oxygen atoms in total. The van der Waals surface area contributed by atoms with Crippen LogP contribution in [0.25, 0.3) is 11.1 Å². The molecule has 0 unspecified atom stereocenters. The average Bonchev–Trinajstić information content (AvgIpc) is 3.34. The normalized spacial score (nSPS) is 11.9. The summed E-state index contributed by atoms with van der Waals surface area (Å²) in [6.07, 6.45) is 7.52. The molecule has 0 aliphatic heterocycles. The Morgan fingerprint density at radius 2 is 1.94 bits per heavy atom. The van der Waals surface area contributed by atoms with Gasteiger partial charge in [-0.05, 0) is 44.6 Å². The lowest BCUT2D eigenvalue weighted by Crippen LogP contribution is -2.26. The largest absolute Gasteiger partial charge is 0.306 e. The quantitative estimate of drug-likeness (QED) is 0.434. The van der Waals surface area contributed by atoms with E-state index in [4.69, 9.17) is 0 Å². The minimum Gasteiger partial charge on any atom is -0.306 e. The van der Waals surface area contributed by atoms with Gasteiger partial charge in [0.2, 0.25) is 5.91 Å². The third kappa shape index (κ3) is 6.62. The molecule has 0 radical (unpaired) electrons. The fourth-order valence-electron chi connectivity index (χ4n) is 3.43. The van der Waals surface area contributed by atoms with Crippen molar-refractivity contribution in [1.82, 2.24) is 14.9 Å². The Morgan fingerprint density at radius 3 is 2.61 bits per heavy atom. The zero-order valence-corrected chi connectivity index (χ0v) is 22.0. The molecule has 0 aliphatic carbocycles. The van der Waals surface area contributed by atoms with Crippen LogP contribution in [0.2, 0.25) is 0 Å². The van der Waals surface area contributed by atoms with Gasteiger partial charge in [0.1, 0.15) is 6.07 Å². The van der Waals surface area contributed by atoms with E-state index in [9.17, 15) is 14.9 Å². The van der Waals surface area contributed by atoms with Crippen LogP contribution in [0.5, 0.6) is 0 Å². The monoisotopic (exact) mass is 502 g/mol. The highest BCUT2D eigenvalue weighted by atomic mass is 32.1. The van der Waals surface area contributed by atoms with Gasteiger partial charge < -0.3 is 10.2 Å². The minimum atomic E-state index is -0.403. The van der Waals surface area contributed by atoms with Gasteiger partial charge in [0.15, 0.2) is 10.9 Å². The Hall–Kier alpha value is -3.87. The standard InChI is InChI=1S/C27H30N6O2S/c1-6-23-17-30-27(36-23)31-26(35)18(2)19-9-7-10-20(13-19)22-14-21(15-28)25(29-16-22)33(5)24(34)11-8-12-32(3)4/h7-11,13-14,16-18H,6,12H2,1-5H3,(H,30,31,35)/b11-8+/t18-/m0/s1. The molecule has 0 saturated carbocycles. The second-order valence-electron chi connectivity index (χ2n) is 8.59. The molecule has 1 N–H and O–H groups in total. The van der Waals surface area contributed by atoms with Crippen molar-refractivity contribution in [2.24, 2.45) is 0 Å². The SMILES string of the molecule is CCc1cnc(NC(=O)[C@@H](C)c2cccc(-c3cnc(N(C)C(=O)/C=C/CN(C)C)c(C#N)c3)c2)s1. The van der Waals surface area contributed by atoms with Crippen molar-refractivity contribution >= 4 is 34.1 Å². The van der Waals surface area contributed by atoms with Gasteiger partial charge in [-0.1, -0.05) is 37.3 Å². The number of hydrogen-bond donors (Lipinski definition) is 1. The van der Waals surface area contributed by atoms with Gasteiger partial charge in [0.05, 0.1) is 11.5 Å². The van der Waals surface area contributed by atoms with Crippen molar-refractivity contribution in [3.63, 3.8) is 0 Å². The number of carbonyl (C=O) groups is 2. The molecular weight excluding hydrogens is 472 g/mol. The predicted octanol–water partition coefficient (Wildman–Crippen LogP) is 4.46. The van der Waals surface area contributed by atoms with E-state index in [0.717, 1.165) is 28.0 Å². The van der Waals surface area contributed by atoms with Crippen molar-refractivity contribution in [3.05, 3.63) is 70.9 Å². The second kappa shape index (κ2) is 12.2. The summed E-state index contributed by atoms with van der Waals surface area (Å²) in [5.41, 5.74) is 2.67. The number of aromatic nitrogens is 2.